The summed E-state index contributed by atoms with van der Waals surface area (Å²) in [5.74, 6) is 0.765. The number of para-hydroxylation sites is 1. The van der Waals surface area contributed by atoms with Crippen LogP contribution in [0.3, 0.4) is 0 Å². The first kappa shape index (κ1) is 14.0. The maximum absolute atomic E-state index is 11.1. The number of benzene rings is 1. The number of rotatable bonds is 3. The summed E-state index contributed by atoms with van der Waals surface area (Å²) in [5.41, 5.74) is 2.07. The molecule has 0 spiro atoms. The Balaban J connectivity index is 3.17. The molecule has 0 heterocycles. The number of ether oxygens (including phenoxy) is 1. The number of halogens is 1. The van der Waals surface area contributed by atoms with Gasteiger partial charge in [0.15, 0.2) is 6.10 Å². The lowest BCUT2D eigenvalue weighted by Gasteiger charge is -2.25. The van der Waals surface area contributed by atoms with Crippen molar-refractivity contribution in [2.24, 2.45) is 0 Å². The fraction of sp³-hybridized carbons (Fsp3) is 0.500. The average Bonchev–Trinajstić information content (AvgIpc) is 2.18. The van der Waals surface area contributed by atoms with Crippen molar-refractivity contribution in [1.82, 2.24) is 0 Å². The van der Waals surface area contributed by atoms with Crippen LogP contribution >= 0.6 is 11.6 Å². The zero-order valence-electron chi connectivity index (χ0n) is 11.0. The van der Waals surface area contributed by atoms with E-state index in [1.165, 1.54) is 0 Å². The van der Waals surface area contributed by atoms with E-state index in [9.17, 15) is 4.79 Å². The standard InChI is InChI=1S/C14H19ClO2/c1-9-7-6-8-11(14(3,4)5)12(9)17-10(2)13(15)16/h6-8,10H,1-5H3. The van der Waals surface area contributed by atoms with Crippen molar-refractivity contribution in [3.05, 3.63) is 29.3 Å². The molecule has 0 aliphatic rings. The molecule has 0 saturated carbocycles. The first-order chi connectivity index (χ1) is 7.73. The fourth-order valence-corrected chi connectivity index (χ4v) is 1.67. The minimum atomic E-state index is -0.626. The third-order valence-corrected chi connectivity index (χ3v) is 2.94. The zero-order valence-corrected chi connectivity index (χ0v) is 11.8. The second-order valence-electron chi connectivity index (χ2n) is 5.27. The van der Waals surface area contributed by atoms with E-state index < -0.39 is 11.3 Å². The van der Waals surface area contributed by atoms with Gasteiger partial charge >= 0.3 is 0 Å². The maximum atomic E-state index is 11.1. The number of hydrogen-bond donors (Lipinski definition) is 0. The Labute approximate surface area is 108 Å². The fourth-order valence-electron chi connectivity index (χ4n) is 1.62. The molecule has 1 aromatic rings. The minimum absolute atomic E-state index is 0.0313. The highest BCUT2D eigenvalue weighted by Crippen LogP contribution is 2.34. The van der Waals surface area contributed by atoms with Crippen molar-refractivity contribution < 1.29 is 9.53 Å². The molecule has 1 aromatic carbocycles. The second-order valence-corrected chi connectivity index (χ2v) is 5.64. The first-order valence-electron chi connectivity index (χ1n) is 5.69. The summed E-state index contributed by atoms with van der Waals surface area (Å²) in [6.45, 7) is 9.97. The quantitative estimate of drug-likeness (QED) is 0.767. The molecule has 0 fully saturated rings. The van der Waals surface area contributed by atoms with Crippen LogP contribution in [0.4, 0.5) is 0 Å². The molecule has 0 aromatic heterocycles. The van der Waals surface area contributed by atoms with Gasteiger partial charge in [0.1, 0.15) is 5.75 Å². The van der Waals surface area contributed by atoms with Gasteiger partial charge in [0, 0.05) is 0 Å². The van der Waals surface area contributed by atoms with E-state index in [0.29, 0.717) is 0 Å². The molecule has 94 valence electrons. The summed E-state index contributed by atoms with van der Waals surface area (Å²) in [6.07, 6.45) is -0.626. The van der Waals surface area contributed by atoms with Crippen LogP contribution < -0.4 is 4.74 Å². The van der Waals surface area contributed by atoms with Gasteiger partial charge in [-0.25, -0.2) is 0 Å². The lowest BCUT2D eigenvalue weighted by molar-refractivity contribution is -0.117. The summed E-state index contributed by atoms with van der Waals surface area (Å²) < 4.78 is 5.68. The molecule has 0 aliphatic carbocycles. The monoisotopic (exact) mass is 254 g/mol. The summed E-state index contributed by atoms with van der Waals surface area (Å²) in [5, 5.41) is -0.479. The molecule has 17 heavy (non-hydrogen) atoms. The van der Waals surface area contributed by atoms with E-state index in [0.717, 1.165) is 16.9 Å². The predicted molar refractivity (Wildman–Crippen MR) is 70.8 cm³/mol. The van der Waals surface area contributed by atoms with Gasteiger partial charge in [-0.15, -0.1) is 0 Å². The molecule has 1 rings (SSSR count). The van der Waals surface area contributed by atoms with Crippen LogP contribution in [0.2, 0.25) is 0 Å². The highest BCUT2D eigenvalue weighted by atomic mass is 35.5. The van der Waals surface area contributed by atoms with Gasteiger partial charge in [-0.2, -0.15) is 0 Å². The molecule has 0 saturated heterocycles. The molecule has 0 amide bonds. The Morgan fingerprint density at radius 1 is 1.35 bits per heavy atom. The zero-order chi connectivity index (χ0) is 13.2. The highest BCUT2D eigenvalue weighted by Gasteiger charge is 2.22. The van der Waals surface area contributed by atoms with E-state index in [4.69, 9.17) is 16.3 Å². The van der Waals surface area contributed by atoms with E-state index in [2.05, 4.69) is 20.8 Å². The molecule has 0 radical (unpaired) electrons. The molecule has 1 unspecified atom stereocenters. The molecule has 1 atom stereocenters. The molecular formula is C14H19ClO2. The van der Waals surface area contributed by atoms with Crippen molar-refractivity contribution in [1.29, 1.82) is 0 Å². The topological polar surface area (TPSA) is 26.3 Å². The van der Waals surface area contributed by atoms with Crippen molar-refractivity contribution in [3.8, 4) is 5.75 Å². The molecule has 3 heteroatoms. The highest BCUT2D eigenvalue weighted by molar-refractivity contribution is 6.64. The van der Waals surface area contributed by atoms with Gasteiger partial charge in [-0.1, -0.05) is 39.0 Å². The number of carbonyl (C=O) groups is 1. The molecule has 0 bridgehead atoms. The van der Waals surface area contributed by atoms with Crippen LogP contribution in [0.1, 0.15) is 38.8 Å². The normalized spacial score (nSPS) is 13.3. The smallest absolute Gasteiger partial charge is 0.262 e. The van der Waals surface area contributed by atoms with Crippen molar-refractivity contribution in [2.45, 2.75) is 46.1 Å². The molecule has 0 aliphatic heterocycles. The van der Waals surface area contributed by atoms with Gasteiger partial charge in [0.2, 0.25) is 0 Å². The molecule has 2 nitrogen and oxygen atoms in total. The SMILES string of the molecule is Cc1cccc(C(C)(C)C)c1OC(C)C(=O)Cl. The van der Waals surface area contributed by atoms with Gasteiger partial charge < -0.3 is 4.74 Å². The third-order valence-electron chi connectivity index (χ3n) is 2.63. The Morgan fingerprint density at radius 3 is 2.41 bits per heavy atom. The van der Waals surface area contributed by atoms with Crippen molar-refractivity contribution in [2.75, 3.05) is 0 Å². The van der Waals surface area contributed by atoms with Gasteiger partial charge in [-0.3, -0.25) is 4.79 Å². The first-order valence-corrected chi connectivity index (χ1v) is 6.07. The minimum Gasteiger partial charge on any atom is -0.481 e. The number of aryl methyl sites for hydroxylation is 1. The predicted octanol–water partition coefficient (Wildman–Crippen LogP) is 3.83. The third kappa shape index (κ3) is 3.47. The van der Waals surface area contributed by atoms with Crippen molar-refractivity contribution in [3.63, 3.8) is 0 Å². The molecule has 0 N–H and O–H groups in total. The summed E-state index contributed by atoms with van der Waals surface area (Å²) >= 11 is 5.43. The average molecular weight is 255 g/mol. The molecular weight excluding hydrogens is 236 g/mol. The lowest BCUT2D eigenvalue weighted by Crippen LogP contribution is -2.22. The van der Waals surface area contributed by atoms with Crippen LogP contribution in [-0.4, -0.2) is 11.3 Å². The Morgan fingerprint density at radius 2 is 1.94 bits per heavy atom. The van der Waals surface area contributed by atoms with Crippen LogP contribution in [-0.2, 0) is 10.2 Å². The number of hydrogen-bond acceptors (Lipinski definition) is 2. The van der Waals surface area contributed by atoms with E-state index in [1.807, 2.05) is 25.1 Å². The largest absolute Gasteiger partial charge is 0.481 e. The van der Waals surface area contributed by atoms with E-state index in [1.54, 1.807) is 6.92 Å². The van der Waals surface area contributed by atoms with Crippen LogP contribution in [0.5, 0.6) is 5.75 Å². The van der Waals surface area contributed by atoms with Gasteiger partial charge in [0.05, 0.1) is 0 Å². The second kappa shape index (κ2) is 5.09. The van der Waals surface area contributed by atoms with Gasteiger partial charge in [-0.05, 0) is 42.0 Å². The number of carbonyl (C=O) groups excluding carboxylic acids is 1. The summed E-state index contributed by atoms with van der Waals surface area (Å²) in [6, 6.07) is 5.99. The summed E-state index contributed by atoms with van der Waals surface area (Å²) in [4.78, 5) is 11.1. The Bertz CT molecular complexity index is 419. The lowest BCUT2D eigenvalue weighted by atomic mass is 9.85. The van der Waals surface area contributed by atoms with Crippen LogP contribution in [0, 0.1) is 6.92 Å². The van der Waals surface area contributed by atoms with E-state index in [-0.39, 0.29) is 5.41 Å². The van der Waals surface area contributed by atoms with Gasteiger partial charge in [0.25, 0.3) is 5.24 Å². The Hall–Kier alpha value is -1.02. The maximum Gasteiger partial charge on any atom is 0.262 e. The van der Waals surface area contributed by atoms with Crippen molar-refractivity contribution >= 4 is 16.8 Å². The summed E-state index contributed by atoms with van der Waals surface area (Å²) in [7, 11) is 0. The van der Waals surface area contributed by atoms with Crippen LogP contribution in [0.25, 0.3) is 0 Å². The van der Waals surface area contributed by atoms with E-state index >= 15 is 0 Å². The Kier molecular flexibility index (Phi) is 4.21. The van der Waals surface area contributed by atoms with Crippen LogP contribution in [0.15, 0.2) is 18.2 Å².